The molecule has 7 aromatic carbocycles. The van der Waals surface area contributed by atoms with Gasteiger partial charge in [-0.25, -0.2) is 15.0 Å². The lowest BCUT2D eigenvalue weighted by molar-refractivity contribution is 1.08. The Kier molecular flexibility index (Phi) is 6.18. The summed E-state index contributed by atoms with van der Waals surface area (Å²) in [4.78, 5) is 16.1. The fourth-order valence-electron chi connectivity index (χ4n) is 8.05. The molecule has 5 heteroatoms. The molecule has 11 rings (SSSR count). The van der Waals surface area contributed by atoms with Crippen LogP contribution in [-0.2, 0) is 0 Å². The Labute approximate surface area is 298 Å². The SMILES string of the molecule is c1ccc(-c2nc3ccccc3nc2-n2c3ccccc3c3c2ccc2c4ccccc4c4c(-c5ccccc5)nc(-c5ccccc5)n4c23)cc1. The number of fused-ring (bicyclic) bond motifs is 11. The molecule has 0 spiro atoms. The van der Waals surface area contributed by atoms with Crippen LogP contribution in [0.15, 0.2) is 176 Å². The summed E-state index contributed by atoms with van der Waals surface area (Å²) in [6.07, 6.45) is 0. The molecule has 0 atom stereocenters. The molecule has 0 saturated carbocycles. The minimum Gasteiger partial charge on any atom is -0.292 e. The highest BCUT2D eigenvalue weighted by Crippen LogP contribution is 2.44. The molecular weight excluding hydrogens is 635 g/mol. The predicted molar refractivity (Wildman–Crippen MR) is 214 cm³/mol. The molecule has 52 heavy (non-hydrogen) atoms. The Balaban J connectivity index is 1.38. The molecule has 0 radical (unpaired) electrons. The molecule has 0 aliphatic rings. The van der Waals surface area contributed by atoms with Crippen molar-refractivity contribution in [1.29, 1.82) is 0 Å². The molecule has 0 amide bonds. The van der Waals surface area contributed by atoms with E-state index in [1.54, 1.807) is 0 Å². The smallest absolute Gasteiger partial charge is 0.165 e. The monoisotopic (exact) mass is 663 g/mol. The van der Waals surface area contributed by atoms with Gasteiger partial charge in [0.2, 0.25) is 0 Å². The molecule has 0 fully saturated rings. The first kappa shape index (κ1) is 28.7. The first-order valence-corrected chi connectivity index (χ1v) is 17.6. The van der Waals surface area contributed by atoms with Crippen molar-refractivity contribution in [2.45, 2.75) is 0 Å². The van der Waals surface area contributed by atoms with Crippen molar-refractivity contribution in [3.8, 4) is 39.7 Å². The van der Waals surface area contributed by atoms with Crippen molar-refractivity contribution in [2.24, 2.45) is 0 Å². The zero-order valence-corrected chi connectivity index (χ0v) is 28.0. The van der Waals surface area contributed by atoms with Crippen molar-refractivity contribution in [3.63, 3.8) is 0 Å². The Morgan fingerprint density at radius 1 is 0.346 bits per heavy atom. The molecule has 0 unspecified atom stereocenters. The Morgan fingerprint density at radius 2 is 0.885 bits per heavy atom. The normalized spacial score (nSPS) is 11.8. The molecule has 11 aromatic rings. The van der Waals surface area contributed by atoms with E-state index in [4.69, 9.17) is 15.0 Å². The van der Waals surface area contributed by atoms with Gasteiger partial charge in [-0.2, -0.15) is 0 Å². The Morgan fingerprint density at radius 3 is 1.60 bits per heavy atom. The second-order valence-electron chi connectivity index (χ2n) is 13.2. The van der Waals surface area contributed by atoms with Crippen molar-refractivity contribution >= 4 is 60.0 Å². The van der Waals surface area contributed by atoms with Crippen molar-refractivity contribution in [1.82, 2.24) is 23.9 Å². The number of rotatable bonds is 4. The third-order valence-electron chi connectivity index (χ3n) is 10.3. The minimum absolute atomic E-state index is 0.798. The lowest BCUT2D eigenvalue weighted by atomic mass is 9.99. The molecule has 5 nitrogen and oxygen atoms in total. The molecule has 242 valence electrons. The van der Waals surface area contributed by atoms with Crippen LogP contribution in [0.4, 0.5) is 0 Å². The van der Waals surface area contributed by atoms with Crippen LogP contribution in [0, 0.1) is 0 Å². The second-order valence-corrected chi connectivity index (χ2v) is 13.2. The van der Waals surface area contributed by atoms with Gasteiger partial charge in [-0.15, -0.1) is 0 Å². The van der Waals surface area contributed by atoms with Crippen molar-refractivity contribution < 1.29 is 0 Å². The summed E-state index contributed by atoms with van der Waals surface area (Å²) >= 11 is 0. The summed E-state index contributed by atoms with van der Waals surface area (Å²) in [5.41, 5.74) is 11.0. The van der Waals surface area contributed by atoms with E-state index in [9.17, 15) is 0 Å². The maximum Gasteiger partial charge on any atom is 0.165 e. The minimum atomic E-state index is 0.798. The zero-order chi connectivity index (χ0) is 34.2. The van der Waals surface area contributed by atoms with E-state index >= 15 is 0 Å². The average molecular weight is 664 g/mol. The maximum atomic E-state index is 5.50. The standard InChI is InChI=1S/C47H29N5/c1-4-16-30(17-5-1)42-45-34-23-11-10-22-33(34)35-28-29-40-41(44(35)52(45)46(50-42)32-20-8-3-9-21-32)36-24-12-15-27-39(36)51(40)47-43(31-18-6-2-7-19-31)48-37-25-13-14-26-38(37)49-47/h1-29H. The van der Waals surface area contributed by atoms with E-state index in [0.29, 0.717) is 0 Å². The van der Waals surface area contributed by atoms with Gasteiger partial charge in [0.05, 0.1) is 38.8 Å². The van der Waals surface area contributed by atoms with E-state index in [1.807, 2.05) is 30.3 Å². The first-order chi connectivity index (χ1) is 25.8. The van der Waals surface area contributed by atoms with Crippen LogP contribution >= 0.6 is 0 Å². The summed E-state index contributed by atoms with van der Waals surface area (Å²) in [6, 6.07) is 61.6. The number of imidazole rings is 1. The largest absolute Gasteiger partial charge is 0.292 e. The van der Waals surface area contributed by atoms with E-state index in [-0.39, 0.29) is 0 Å². The highest BCUT2D eigenvalue weighted by molar-refractivity contribution is 6.27. The number of pyridine rings is 1. The van der Waals surface area contributed by atoms with Crippen LogP contribution in [-0.4, -0.2) is 23.9 Å². The number of hydrogen-bond donors (Lipinski definition) is 0. The molecule has 0 bridgehead atoms. The van der Waals surface area contributed by atoms with Gasteiger partial charge in [-0.05, 0) is 29.7 Å². The summed E-state index contributed by atoms with van der Waals surface area (Å²) in [5, 5.41) is 5.81. The molecular formula is C47H29N5. The third kappa shape index (κ3) is 4.14. The number of hydrogen-bond acceptors (Lipinski definition) is 3. The van der Waals surface area contributed by atoms with Crippen LogP contribution in [0.2, 0.25) is 0 Å². The lowest BCUT2D eigenvalue weighted by Crippen LogP contribution is -2.03. The molecule has 4 aromatic heterocycles. The van der Waals surface area contributed by atoms with Gasteiger partial charge in [0.1, 0.15) is 11.5 Å². The molecule has 0 aliphatic heterocycles. The molecule has 0 N–H and O–H groups in total. The van der Waals surface area contributed by atoms with Gasteiger partial charge in [0.15, 0.2) is 5.82 Å². The predicted octanol–water partition coefficient (Wildman–Crippen LogP) is 11.7. The van der Waals surface area contributed by atoms with Crippen LogP contribution in [0.1, 0.15) is 0 Å². The summed E-state index contributed by atoms with van der Waals surface area (Å²) in [7, 11) is 0. The van der Waals surface area contributed by atoms with Crippen LogP contribution < -0.4 is 0 Å². The highest BCUT2D eigenvalue weighted by Gasteiger charge is 2.25. The average Bonchev–Trinajstić information content (AvgIpc) is 3.79. The van der Waals surface area contributed by atoms with E-state index in [0.717, 1.165) is 83.6 Å². The van der Waals surface area contributed by atoms with E-state index < -0.39 is 0 Å². The topological polar surface area (TPSA) is 48.0 Å². The fraction of sp³-hybridized carbons (Fsp3) is 0. The highest BCUT2D eigenvalue weighted by atomic mass is 15.1. The lowest BCUT2D eigenvalue weighted by Gasteiger charge is -2.15. The van der Waals surface area contributed by atoms with Gasteiger partial charge in [-0.3, -0.25) is 8.97 Å². The van der Waals surface area contributed by atoms with Crippen LogP contribution in [0.5, 0.6) is 0 Å². The fourth-order valence-corrected chi connectivity index (χ4v) is 8.05. The summed E-state index contributed by atoms with van der Waals surface area (Å²) in [5.74, 6) is 1.70. The van der Waals surface area contributed by atoms with Crippen molar-refractivity contribution in [2.75, 3.05) is 0 Å². The second kappa shape index (κ2) is 11.2. The number of para-hydroxylation sites is 3. The number of benzene rings is 7. The Hall–Kier alpha value is -7.11. The van der Waals surface area contributed by atoms with Crippen LogP contribution in [0.3, 0.4) is 0 Å². The first-order valence-electron chi connectivity index (χ1n) is 17.6. The molecule has 4 heterocycles. The summed E-state index contributed by atoms with van der Waals surface area (Å²) in [6.45, 7) is 0. The third-order valence-corrected chi connectivity index (χ3v) is 10.3. The van der Waals surface area contributed by atoms with Gasteiger partial charge < -0.3 is 0 Å². The van der Waals surface area contributed by atoms with Gasteiger partial charge >= 0.3 is 0 Å². The summed E-state index contributed by atoms with van der Waals surface area (Å²) < 4.78 is 4.72. The quantitative estimate of drug-likeness (QED) is 0.176. The maximum absolute atomic E-state index is 5.50. The van der Waals surface area contributed by atoms with E-state index in [1.165, 1.54) is 16.2 Å². The van der Waals surface area contributed by atoms with Gasteiger partial charge in [0, 0.05) is 38.2 Å². The zero-order valence-electron chi connectivity index (χ0n) is 28.0. The van der Waals surface area contributed by atoms with Gasteiger partial charge in [0.25, 0.3) is 0 Å². The van der Waals surface area contributed by atoms with Crippen LogP contribution in [0.25, 0.3) is 99.8 Å². The number of nitrogens with zero attached hydrogens (tertiary/aromatic N) is 5. The van der Waals surface area contributed by atoms with E-state index in [2.05, 4.69) is 155 Å². The number of aromatic nitrogens is 5. The van der Waals surface area contributed by atoms with Crippen molar-refractivity contribution in [3.05, 3.63) is 176 Å². The Bertz CT molecular complexity index is 3160. The van der Waals surface area contributed by atoms with Gasteiger partial charge in [-0.1, -0.05) is 152 Å². The molecule has 0 saturated heterocycles. The molecule has 0 aliphatic carbocycles.